The quantitative estimate of drug-likeness (QED) is 0.460. The van der Waals surface area contributed by atoms with Crippen molar-refractivity contribution in [2.45, 2.75) is 36.7 Å². The highest BCUT2D eigenvalue weighted by molar-refractivity contribution is 8.00. The SMILES string of the molecule is CC(Sc1nc2ccccc2c(=O)n1CCCc1ccccc1)C(=O)NC(N)=O. The molecule has 150 valence electrons. The van der Waals surface area contributed by atoms with Crippen LogP contribution in [-0.2, 0) is 17.8 Å². The normalized spacial score (nSPS) is 11.9. The van der Waals surface area contributed by atoms with Crippen LogP contribution in [0.15, 0.2) is 64.5 Å². The highest BCUT2D eigenvalue weighted by Gasteiger charge is 2.20. The molecule has 2 aromatic carbocycles. The lowest BCUT2D eigenvalue weighted by atomic mass is 10.1. The molecule has 0 radical (unpaired) electrons. The van der Waals surface area contributed by atoms with Gasteiger partial charge < -0.3 is 5.73 Å². The maximum absolute atomic E-state index is 13.1. The molecule has 3 N–H and O–H groups in total. The number of primary amides is 1. The number of nitrogens with zero attached hydrogens (tertiary/aromatic N) is 2. The summed E-state index contributed by atoms with van der Waals surface area (Å²) in [7, 11) is 0. The number of rotatable bonds is 7. The van der Waals surface area contributed by atoms with Crippen molar-refractivity contribution in [3.63, 3.8) is 0 Å². The molecule has 0 spiro atoms. The molecular formula is C21H22N4O3S. The first-order chi connectivity index (χ1) is 14.0. The smallest absolute Gasteiger partial charge is 0.318 e. The van der Waals surface area contributed by atoms with E-state index in [1.165, 1.54) is 5.56 Å². The summed E-state index contributed by atoms with van der Waals surface area (Å²) in [4.78, 5) is 40.7. The Hall–Kier alpha value is -3.13. The van der Waals surface area contributed by atoms with Gasteiger partial charge in [-0.1, -0.05) is 54.2 Å². The number of thioether (sulfide) groups is 1. The molecule has 0 saturated carbocycles. The number of carbonyl (C=O) groups excluding carboxylic acids is 2. The molecule has 3 rings (SSSR count). The summed E-state index contributed by atoms with van der Waals surface area (Å²) in [5, 5.41) is 2.39. The molecule has 0 aliphatic carbocycles. The van der Waals surface area contributed by atoms with Crippen molar-refractivity contribution in [2.24, 2.45) is 5.73 Å². The van der Waals surface area contributed by atoms with Gasteiger partial charge in [0.1, 0.15) is 0 Å². The number of nitrogens with two attached hydrogens (primary N) is 1. The molecule has 8 heteroatoms. The van der Waals surface area contributed by atoms with E-state index >= 15 is 0 Å². The molecule has 3 amide bonds. The Morgan fingerprint density at radius 2 is 1.83 bits per heavy atom. The first kappa shape index (κ1) is 20.6. The van der Waals surface area contributed by atoms with Crippen LogP contribution in [0.25, 0.3) is 10.9 Å². The number of aromatic nitrogens is 2. The first-order valence-electron chi connectivity index (χ1n) is 9.26. The first-order valence-corrected chi connectivity index (χ1v) is 10.1. The molecule has 0 fully saturated rings. The molecule has 3 aromatic rings. The minimum absolute atomic E-state index is 0.145. The lowest BCUT2D eigenvalue weighted by molar-refractivity contribution is -0.119. The third-order valence-corrected chi connectivity index (χ3v) is 5.50. The fourth-order valence-electron chi connectivity index (χ4n) is 2.96. The summed E-state index contributed by atoms with van der Waals surface area (Å²) in [5.41, 5.74) is 6.64. The molecular weight excluding hydrogens is 388 g/mol. The molecule has 1 unspecified atom stereocenters. The van der Waals surface area contributed by atoms with Gasteiger partial charge in [0.15, 0.2) is 5.16 Å². The van der Waals surface area contributed by atoms with Crippen LogP contribution in [0.4, 0.5) is 4.79 Å². The zero-order chi connectivity index (χ0) is 20.8. The zero-order valence-electron chi connectivity index (χ0n) is 16.0. The van der Waals surface area contributed by atoms with Gasteiger partial charge in [0.25, 0.3) is 5.56 Å². The van der Waals surface area contributed by atoms with E-state index in [2.05, 4.69) is 10.3 Å². The fourth-order valence-corrected chi connectivity index (χ4v) is 3.89. The molecule has 1 heterocycles. The Balaban J connectivity index is 1.87. The number of benzene rings is 2. The number of urea groups is 1. The summed E-state index contributed by atoms with van der Waals surface area (Å²) < 4.78 is 1.60. The number of imide groups is 1. The molecule has 0 aliphatic rings. The summed E-state index contributed by atoms with van der Waals surface area (Å²) >= 11 is 1.13. The van der Waals surface area contributed by atoms with Crippen molar-refractivity contribution in [1.82, 2.24) is 14.9 Å². The van der Waals surface area contributed by atoms with Gasteiger partial charge in [0.2, 0.25) is 5.91 Å². The van der Waals surface area contributed by atoms with Gasteiger partial charge in [-0.05, 0) is 37.5 Å². The number of amides is 3. The average Bonchev–Trinajstić information content (AvgIpc) is 2.70. The predicted molar refractivity (Wildman–Crippen MR) is 114 cm³/mol. The predicted octanol–water partition coefficient (Wildman–Crippen LogP) is 2.70. The van der Waals surface area contributed by atoms with Crippen LogP contribution in [-0.4, -0.2) is 26.7 Å². The second kappa shape index (κ2) is 9.38. The number of nitrogens with one attached hydrogen (secondary N) is 1. The van der Waals surface area contributed by atoms with Crippen molar-refractivity contribution in [2.75, 3.05) is 0 Å². The molecule has 0 saturated heterocycles. The number of hydrogen-bond donors (Lipinski definition) is 2. The summed E-state index contributed by atoms with van der Waals surface area (Å²) in [5.74, 6) is -0.527. The fraction of sp³-hybridized carbons (Fsp3) is 0.238. The number of fused-ring (bicyclic) bond motifs is 1. The van der Waals surface area contributed by atoms with E-state index in [1.54, 1.807) is 29.7 Å². The molecule has 1 atom stereocenters. The molecule has 29 heavy (non-hydrogen) atoms. The number of para-hydroxylation sites is 1. The van der Waals surface area contributed by atoms with E-state index in [0.29, 0.717) is 22.6 Å². The van der Waals surface area contributed by atoms with Crippen molar-refractivity contribution in [1.29, 1.82) is 0 Å². The Morgan fingerprint density at radius 1 is 1.14 bits per heavy atom. The van der Waals surface area contributed by atoms with Crippen LogP contribution in [0.1, 0.15) is 18.9 Å². The van der Waals surface area contributed by atoms with Crippen LogP contribution in [0.3, 0.4) is 0 Å². The molecule has 0 bridgehead atoms. The summed E-state index contributed by atoms with van der Waals surface area (Å²) in [6, 6.07) is 16.3. The minimum atomic E-state index is -0.908. The van der Waals surface area contributed by atoms with E-state index < -0.39 is 17.2 Å². The van der Waals surface area contributed by atoms with Crippen molar-refractivity contribution in [3.8, 4) is 0 Å². The van der Waals surface area contributed by atoms with Gasteiger partial charge in [-0.25, -0.2) is 9.78 Å². The van der Waals surface area contributed by atoms with Crippen LogP contribution < -0.4 is 16.6 Å². The molecule has 7 nitrogen and oxygen atoms in total. The Bertz CT molecular complexity index is 1080. The number of aryl methyl sites for hydroxylation is 1. The van der Waals surface area contributed by atoms with E-state index in [9.17, 15) is 14.4 Å². The third-order valence-electron chi connectivity index (χ3n) is 4.41. The van der Waals surface area contributed by atoms with Gasteiger partial charge in [-0.15, -0.1) is 0 Å². The minimum Gasteiger partial charge on any atom is -0.351 e. The lowest BCUT2D eigenvalue weighted by Crippen LogP contribution is -2.39. The van der Waals surface area contributed by atoms with Gasteiger partial charge in [-0.3, -0.25) is 19.5 Å². The van der Waals surface area contributed by atoms with Gasteiger partial charge >= 0.3 is 6.03 Å². The largest absolute Gasteiger partial charge is 0.351 e. The van der Waals surface area contributed by atoms with Crippen LogP contribution in [0.5, 0.6) is 0 Å². The Kier molecular flexibility index (Phi) is 6.66. The monoisotopic (exact) mass is 410 g/mol. The zero-order valence-corrected chi connectivity index (χ0v) is 16.8. The maximum atomic E-state index is 13.1. The highest BCUT2D eigenvalue weighted by atomic mass is 32.2. The summed E-state index contributed by atoms with van der Waals surface area (Å²) in [6.07, 6.45) is 1.57. The van der Waals surface area contributed by atoms with E-state index in [-0.39, 0.29) is 5.56 Å². The Morgan fingerprint density at radius 3 is 2.55 bits per heavy atom. The van der Waals surface area contributed by atoms with Crippen LogP contribution in [0, 0.1) is 0 Å². The van der Waals surface area contributed by atoms with E-state index in [0.717, 1.165) is 24.6 Å². The number of carbonyl (C=O) groups is 2. The second-order valence-corrected chi connectivity index (χ2v) is 7.88. The third kappa shape index (κ3) is 5.23. The van der Waals surface area contributed by atoms with Crippen LogP contribution in [0.2, 0.25) is 0 Å². The van der Waals surface area contributed by atoms with Crippen molar-refractivity contribution in [3.05, 3.63) is 70.5 Å². The molecule has 0 aliphatic heterocycles. The van der Waals surface area contributed by atoms with Crippen molar-refractivity contribution >= 4 is 34.6 Å². The second-order valence-electron chi connectivity index (χ2n) is 6.57. The Labute approximate surface area is 172 Å². The highest BCUT2D eigenvalue weighted by Crippen LogP contribution is 2.23. The molecule has 1 aromatic heterocycles. The van der Waals surface area contributed by atoms with Gasteiger partial charge in [0.05, 0.1) is 16.2 Å². The van der Waals surface area contributed by atoms with Crippen LogP contribution >= 0.6 is 11.8 Å². The number of hydrogen-bond acceptors (Lipinski definition) is 5. The average molecular weight is 410 g/mol. The lowest BCUT2D eigenvalue weighted by Gasteiger charge is -2.16. The van der Waals surface area contributed by atoms with Gasteiger partial charge in [0, 0.05) is 6.54 Å². The topological polar surface area (TPSA) is 107 Å². The van der Waals surface area contributed by atoms with E-state index in [4.69, 9.17) is 5.73 Å². The maximum Gasteiger partial charge on any atom is 0.318 e. The standard InChI is InChI=1S/C21H22N4O3S/c1-14(18(26)24-20(22)28)29-21-23-17-12-6-5-11-16(17)19(27)25(21)13-7-10-15-8-3-2-4-9-15/h2-6,8-9,11-12,14H,7,10,13H2,1H3,(H3,22,24,26,28). The van der Waals surface area contributed by atoms with Crippen molar-refractivity contribution < 1.29 is 9.59 Å². The van der Waals surface area contributed by atoms with E-state index in [1.807, 2.05) is 36.4 Å². The summed E-state index contributed by atoms with van der Waals surface area (Å²) in [6.45, 7) is 2.11. The van der Waals surface area contributed by atoms with Gasteiger partial charge in [-0.2, -0.15) is 0 Å².